The zero-order valence-corrected chi connectivity index (χ0v) is 8.38. The van der Waals surface area contributed by atoms with Crippen molar-refractivity contribution in [3.05, 3.63) is 11.1 Å². The summed E-state index contributed by atoms with van der Waals surface area (Å²) >= 11 is 5.75. The van der Waals surface area contributed by atoms with Crippen LogP contribution in [0.2, 0.25) is 5.28 Å². The molecule has 1 unspecified atom stereocenters. The van der Waals surface area contributed by atoms with Crippen LogP contribution < -0.4 is 5.32 Å². The van der Waals surface area contributed by atoms with Gasteiger partial charge in [0.2, 0.25) is 5.28 Å². The van der Waals surface area contributed by atoms with Gasteiger partial charge in [0.25, 0.3) is 0 Å². The molecule has 0 saturated carbocycles. The van der Waals surface area contributed by atoms with E-state index in [9.17, 15) is 0 Å². The lowest BCUT2D eigenvalue weighted by atomic mass is 9.99. The van der Waals surface area contributed by atoms with E-state index in [-0.39, 0.29) is 0 Å². The van der Waals surface area contributed by atoms with Gasteiger partial charge in [0, 0.05) is 19.0 Å². The molecule has 0 aromatic carbocycles. The molecule has 0 amide bonds. The van der Waals surface area contributed by atoms with E-state index in [4.69, 9.17) is 11.6 Å². The SMILES string of the molecule is CNCC1CCCn2nc(Cl)nc21. The second kappa shape index (κ2) is 3.64. The van der Waals surface area contributed by atoms with Gasteiger partial charge >= 0.3 is 0 Å². The fourth-order valence-corrected chi connectivity index (χ4v) is 2.03. The van der Waals surface area contributed by atoms with Crippen molar-refractivity contribution < 1.29 is 0 Å². The minimum absolute atomic E-state index is 0.373. The van der Waals surface area contributed by atoms with E-state index in [1.165, 1.54) is 12.8 Å². The molecule has 72 valence electrons. The van der Waals surface area contributed by atoms with Crippen LogP contribution in [0.3, 0.4) is 0 Å². The third-order valence-electron chi connectivity index (χ3n) is 2.41. The van der Waals surface area contributed by atoms with Gasteiger partial charge < -0.3 is 5.32 Å². The van der Waals surface area contributed by atoms with Crippen LogP contribution in [-0.2, 0) is 6.54 Å². The van der Waals surface area contributed by atoms with Crippen molar-refractivity contribution in [3.63, 3.8) is 0 Å². The van der Waals surface area contributed by atoms with Gasteiger partial charge in [-0.05, 0) is 31.5 Å². The number of hydrogen-bond acceptors (Lipinski definition) is 3. The topological polar surface area (TPSA) is 42.7 Å². The molecule has 0 aliphatic carbocycles. The molecule has 13 heavy (non-hydrogen) atoms. The van der Waals surface area contributed by atoms with Crippen LogP contribution in [0.25, 0.3) is 0 Å². The zero-order chi connectivity index (χ0) is 9.26. The molecule has 1 N–H and O–H groups in total. The second-order valence-corrected chi connectivity index (χ2v) is 3.70. The summed E-state index contributed by atoms with van der Waals surface area (Å²) in [6.45, 7) is 1.91. The van der Waals surface area contributed by atoms with Gasteiger partial charge in [-0.1, -0.05) is 0 Å². The summed E-state index contributed by atoms with van der Waals surface area (Å²) in [4.78, 5) is 4.23. The smallest absolute Gasteiger partial charge is 0.242 e. The Morgan fingerprint density at radius 3 is 3.31 bits per heavy atom. The Balaban J connectivity index is 2.25. The van der Waals surface area contributed by atoms with E-state index < -0.39 is 0 Å². The summed E-state index contributed by atoms with van der Waals surface area (Å²) in [5, 5.41) is 7.66. The summed E-state index contributed by atoms with van der Waals surface area (Å²) in [5.41, 5.74) is 0. The van der Waals surface area contributed by atoms with Crippen LogP contribution in [-0.4, -0.2) is 28.4 Å². The number of nitrogens with zero attached hydrogens (tertiary/aromatic N) is 3. The third-order valence-corrected chi connectivity index (χ3v) is 2.57. The van der Waals surface area contributed by atoms with Crippen LogP contribution in [0.5, 0.6) is 0 Å². The summed E-state index contributed by atoms with van der Waals surface area (Å²) in [6.07, 6.45) is 2.34. The standard InChI is InChI=1S/C8H13ClN4/c1-10-5-6-3-2-4-13-7(6)11-8(9)12-13/h6,10H,2-5H2,1H3. The normalized spacial score (nSPS) is 21.5. The molecule has 1 aliphatic heterocycles. The number of fused-ring (bicyclic) bond motifs is 1. The van der Waals surface area contributed by atoms with Crippen LogP contribution in [0.1, 0.15) is 24.6 Å². The maximum Gasteiger partial charge on any atom is 0.242 e. The number of halogens is 1. The molecule has 0 spiro atoms. The molecule has 0 radical (unpaired) electrons. The zero-order valence-electron chi connectivity index (χ0n) is 7.63. The van der Waals surface area contributed by atoms with E-state index in [1.54, 1.807) is 0 Å². The summed E-state index contributed by atoms with van der Waals surface area (Å²) < 4.78 is 1.92. The van der Waals surface area contributed by atoms with Gasteiger partial charge in [-0.25, -0.2) is 9.67 Å². The number of hydrogen-bond donors (Lipinski definition) is 1. The van der Waals surface area contributed by atoms with Gasteiger partial charge in [0.1, 0.15) is 5.82 Å². The lowest BCUT2D eigenvalue weighted by molar-refractivity contribution is 0.407. The van der Waals surface area contributed by atoms with Gasteiger partial charge in [0.15, 0.2) is 0 Å². The number of likely N-dealkylation sites (N-methyl/N-ethyl adjacent to an activating group) is 1. The lowest BCUT2D eigenvalue weighted by Gasteiger charge is -2.21. The van der Waals surface area contributed by atoms with Crippen LogP contribution >= 0.6 is 11.6 Å². The molecule has 5 heteroatoms. The highest BCUT2D eigenvalue weighted by Crippen LogP contribution is 2.25. The summed E-state index contributed by atoms with van der Waals surface area (Å²) in [6, 6.07) is 0. The van der Waals surface area contributed by atoms with E-state index >= 15 is 0 Å². The molecule has 0 saturated heterocycles. The van der Waals surface area contributed by atoms with Crippen LogP contribution in [0.15, 0.2) is 0 Å². The Hall–Kier alpha value is -0.610. The molecule has 0 fully saturated rings. The Bertz CT molecular complexity index is 296. The molecule has 0 bridgehead atoms. The second-order valence-electron chi connectivity index (χ2n) is 3.36. The molecule has 2 heterocycles. The number of nitrogens with one attached hydrogen (secondary N) is 1. The largest absolute Gasteiger partial charge is 0.319 e. The van der Waals surface area contributed by atoms with Crippen molar-refractivity contribution in [2.75, 3.05) is 13.6 Å². The fraction of sp³-hybridized carbons (Fsp3) is 0.750. The first-order valence-corrected chi connectivity index (χ1v) is 4.94. The maximum absolute atomic E-state index is 5.75. The van der Waals surface area contributed by atoms with E-state index in [0.29, 0.717) is 11.2 Å². The van der Waals surface area contributed by atoms with Gasteiger partial charge in [-0.15, -0.1) is 5.10 Å². The minimum Gasteiger partial charge on any atom is -0.319 e. The fourth-order valence-electron chi connectivity index (χ4n) is 1.85. The molecular formula is C8H13ClN4. The number of aromatic nitrogens is 3. The van der Waals surface area contributed by atoms with E-state index in [1.807, 2.05) is 11.7 Å². The Labute approximate surface area is 82.3 Å². The predicted molar refractivity (Wildman–Crippen MR) is 50.9 cm³/mol. The average Bonchev–Trinajstić information content (AvgIpc) is 2.47. The van der Waals surface area contributed by atoms with E-state index in [0.717, 1.165) is 18.9 Å². The quantitative estimate of drug-likeness (QED) is 0.776. The molecule has 1 atom stereocenters. The van der Waals surface area contributed by atoms with Crippen molar-refractivity contribution in [1.29, 1.82) is 0 Å². The number of aryl methyl sites for hydroxylation is 1. The van der Waals surface area contributed by atoms with E-state index in [2.05, 4.69) is 15.4 Å². The average molecular weight is 201 g/mol. The van der Waals surface area contributed by atoms with Crippen LogP contribution in [0.4, 0.5) is 0 Å². The van der Waals surface area contributed by atoms with Gasteiger partial charge in [-0.3, -0.25) is 0 Å². The monoisotopic (exact) mass is 200 g/mol. The highest BCUT2D eigenvalue weighted by molar-refractivity contribution is 6.28. The first kappa shape index (κ1) is 8.97. The highest BCUT2D eigenvalue weighted by Gasteiger charge is 2.22. The lowest BCUT2D eigenvalue weighted by Crippen LogP contribution is -2.25. The van der Waals surface area contributed by atoms with Crippen molar-refractivity contribution in [1.82, 2.24) is 20.1 Å². The Morgan fingerprint density at radius 1 is 1.69 bits per heavy atom. The Morgan fingerprint density at radius 2 is 2.54 bits per heavy atom. The minimum atomic E-state index is 0.373. The predicted octanol–water partition coefficient (Wildman–Crippen LogP) is 1.03. The third kappa shape index (κ3) is 1.69. The summed E-state index contributed by atoms with van der Waals surface area (Å²) in [7, 11) is 1.96. The maximum atomic E-state index is 5.75. The highest BCUT2D eigenvalue weighted by atomic mass is 35.5. The van der Waals surface area contributed by atoms with Crippen LogP contribution in [0, 0.1) is 0 Å². The number of rotatable bonds is 2. The summed E-state index contributed by atoms with van der Waals surface area (Å²) in [5.74, 6) is 1.50. The molecular weight excluding hydrogens is 188 g/mol. The first-order chi connectivity index (χ1) is 6.31. The molecule has 2 rings (SSSR count). The molecule has 1 aliphatic rings. The van der Waals surface area contributed by atoms with Crippen molar-refractivity contribution in [2.24, 2.45) is 0 Å². The Kier molecular flexibility index (Phi) is 2.51. The van der Waals surface area contributed by atoms with Crippen molar-refractivity contribution in [3.8, 4) is 0 Å². The van der Waals surface area contributed by atoms with Gasteiger partial charge in [-0.2, -0.15) is 0 Å². The molecule has 1 aromatic heterocycles. The van der Waals surface area contributed by atoms with Crippen molar-refractivity contribution >= 4 is 11.6 Å². The first-order valence-electron chi connectivity index (χ1n) is 4.56. The van der Waals surface area contributed by atoms with Crippen molar-refractivity contribution in [2.45, 2.75) is 25.3 Å². The van der Waals surface area contributed by atoms with Gasteiger partial charge in [0.05, 0.1) is 0 Å². The molecule has 1 aromatic rings. The molecule has 4 nitrogen and oxygen atoms in total.